The highest BCUT2D eigenvalue weighted by molar-refractivity contribution is 7.94. The second-order valence-corrected chi connectivity index (χ2v) is 11.0. The third-order valence-corrected chi connectivity index (χ3v) is 8.89. The van der Waals surface area contributed by atoms with Crippen molar-refractivity contribution in [1.82, 2.24) is 4.98 Å². The Kier molecular flexibility index (Phi) is 4.90. The summed E-state index contributed by atoms with van der Waals surface area (Å²) in [5, 5.41) is 1.58. The Morgan fingerprint density at radius 3 is 2.71 bits per heavy atom. The lowest BCUT2D eigenvalue weighted by Crippen LogP contribution is -2.60. The molecule has 0 aliphatic carbocycles. The zero-order valence-corrected chi connectivity index (χ0v) is 18.2. The number of benzene rings is 1. The van der Waals surface area contributed by atoms with Gasteiger partial charge in [-0.25, -0.2) is 12.8 Å². The van der Waals surface area contributed by atoms with E-state index in [2.05, 4.69) is 15.3 Å². The number of nitrogens with one attached hydrogen (secondary N) is 1. The summed E-state index contributed by atoms with van der Waals surface area (Å²) in [5.41, 5.74) is 5.90. The summed E-state index contributed by atoms with van der Waals surface area (Å²) < 4.78 is 45.6. The molecule has 164 valence electrons. The number of halogens is 1. The van der Waals surface area contributed by atoms with Crippen LogP contribution in [0.3, 0.4) is 0 Å². The highest BCUT2D eigenvalue weighted by Crippen LogP contribution is 2.47. The van der Waals surface area contributed by atoms with E-state index < -0.39 is 37.1 Å². The summed E-state index contributed by atoms with van der Waals surface area (Å²) in [6.45, 7) is 4.55. The normalized spacial score (nSPS) is 26.1. The molecule has 0 radical (unpaired) electrons. The van der Waals surface area contributed by atoms with Gasteiger partial charge in [-0.2, -0.15) is 0 Å². The highest BCUT2D eigenvalue weighted by atomic mass is 32.2. The van der Waals surface area contributed by atoms with Crippen molar-refractivity contribution in [2.24, 2.45) is 10.7 Å². The van der Waals surface area contributed by atoms with Crippen LogP contribution in [0.15, 0.2) is 41.5 Å². The third-order valence-electron chi connectivity index (χ3n) is 5.98. The van der Waals surface area contributed by atoms with Gasteiger partial charge in [0.05, 0.1) is 13.2 Å². The number of ether oxygens (including phenoxy) is 1. The number of nitrogens with zero attached hydrogens (tertiary/aromatic N) is 2. The lowest BCUT2D eigenvalue weighted by atomic mass is 9.87. The van der Waals surface area contributed by atoms with Gasteiger partial charge in [0.15, 0.2) is 9.84 Å². The Balaban J connectivity index is 1.77. The molecule has 31 heavy (non-hydrogen) atoms. The number of sulfone groups is 1. The molecular formula is C21H23FN4O4S. The van der Waals surface area contributed by atoms with Crippen LogP contribution in [0.1, 0.15) is 35.5 Å². The fraction of sp³-hybridized carbons (Fsp3) is 0.381. The number of carbonyl (C=O) groups excluding carboxylic acids is 1. The number of anilines is 1. The van der Waals surface area contributed by atoms with Crippen molar-refractivity contribution >= 4 is 27.3 Å². The van der Waals surface area contributed by atoms with E-state index >= 15 is 0 Å². The van der Waals surface area contributed by atoms with Gasteiger partial charge < -0.3 is 15.8 Å². The zero-order chi connectivity index (χ0) is 22.6. The van der Waals surface area contributed by atoms with Crippen LogP contribution in [0, 0.1) is 12.7 Å². The lowest BCUT2D eigenvalue weighted by molar-refractivity contribution is 0.102. The first-order chi connectivity index (χ1) is 14.5. The number of fused-ring (bicyclic) bond motifs is 1. The summed E-state index contributed by atoms with van der Waals surface area (Å²) in [5.74, 6) is -1.24. The molecule has 4 rings (SSSR count). The van der Waals surface area contributed by atoms with Gasteiger partial charge in [-0.15, -0.1) is 0 Å². The van der Waals surface area contributed by atoms with E-state index in [0.717, 1.165) is 11.6 Å². The number of hydrogen-bond acceptors (Lipinski definition) is 7. The molecule has 1 fully saturated rings. The molecule has 2 aliphatic heterocycles. The molecule has 0 bridgehead atoms. The van der Waals surface area contributed by atoms with Gasteiger partial charge in [-0.05, 0) is 50.6 Å². The van der Waals surface area contributed by atoms with Crippen molar-refractivity contribution in [2.75, 3.05) is 18.5 Å². The van der Waals surface area contributed by atoms with E-state index in [1.165, 1.54) is 26.0 Å². The number of carbonyl (C=O) groups is 1. The van der Waals surface area contributed by atoms with E-state index in [9.17, 15) is 17.6 Å². The molecule has 2 atom stereocenters. The zero-order valence-electron chi connectivity index (χ0n) is 17.3. The Hall–Kier alpha value is -2.85. The largest absolute Gasteiger partial charge is 0.386 e. The van der Waals surface area contributed by atoms with Crippen LogP contribution in [-0.2, 0) is 20.1 Å². The molecule has 8 nitrogen and oxygen atoms in total. The Morgan fingerprint density at radius 2 is 2.03 bits per heavy atom. The number of aromatic nitrogens is 1. The standard InChI is InChI=1S/C21H23FN4O4S/c1-12-4-7-16(24-9-12)18(27)25-13-5-6-15(22)14(8-13)21-11-30-10-17(21)31(28,29)20(2,3)19(23)26-21/h4-9,17H,10-11H2,1-3H3,(H2,23,26)(H,25,27)/t17-,21-/m1/s1. The molecule has 2 aliphatic rings. The van der Waals surface area contributed by atoms with Crippen LogP contribution in [0.5, 0.6) is 0 Å². The molecular weight excluding hydrogens is 423 g/mol. The summed E-state index contributed by atoms with van der Waals surface area (Å²) in [7, 11) is -3.84. The fourth-order valence-corrected chi connectivity index (χ4v) is 5.98. The van der Waals surface area contributed by atoms with E-state index in [0.29, 0.717) is 0 Å². The van der Waals surface area contributed by atoms with Crippen molar-refractivity contribution in [3.05, 3.63) is 59.2 Å². The molecule has 0 spiro atoms. The second-order valence-electron chi connectivity index (χ2n) is 8.35. The van der Waals surface area contributed by atoms with E-state index in [4.69, 9.17) is 10.5 Å². The average molecular weight is 447 g/mol. The molecule has 1 amide bonds. The van der Waals surface area contributed by atoms with Crippen molar-refractivity contribution in [3.8, 4) is 0 Å². The molecule has 1 aromatic carbocycles. The number of amidine groups is 1. The molecule has 3 N–H and O–H groups in total. The van der Waals surface area contributed by atoms with Gasteiger partial charge in [0.1, 0.15) is 32.9 Å². The van der Waals surface area contributed by atoms with E-state index in [1.54, 1.807) is 18.3 Å². The first kappa shape index (κ1) is 21.4. The minimum Gasteiger partial charge on any atom is -0.386 e. The van der Waals surface area contributed by atoms with Crippen molar-refractivity contribution in [2.45, 2.75) is 36.3 Å². The van der Waals surface area contributed by atoms with Crippen molar-refractivity contribution in [1.29, 1.82) is 0 Å². The number of nitrogens with two attached hydrogens (primary N) is 1. The molecule has 0 unspecified atom stereocenters. The first-order valence-corrected chi connectivity index (χ1v) is 11.2. The highest BCUT2D eigenvalue weighted by Gasteiger charge is 2.62. The Labute approximate surface area is 179 Å². The van der Waals surface area contributed by atoms with Gasteiger partial charge in [-0.3, -0.25) is 14.8 Å². The Bertz CT molecular complexity index is 1190. The third kappa shape index (κ3) is 3.21. The molecule has 1 aromatic heterocycles. The number of aryl methyl sites for hydroxylation is 1. The monoisotopic (exact) mass is 446 g/mol. The predicted molar refractivity (Wildman–Crippen MR) is 114 cm³/mol. The number of hydrogen-bond donors (Lipinski definition) is 2. The molecule has 3 heterocycles. The number of rotatable bonds is 3. The second kappa shape index (κ2) is 7.10. The maximum absolute atomic E-state index is 15.0. The van der Waals surface area contributed by atoms with Crippen molar-refractivity contribution < 1.29 is 22.3 Å². The smallest absolute Gasteiger partial charge is 0.274 e. The minimum absolute atomic E-state index is 0.00619. The minimum atomic E-state index is -3.84. The number of aliphatic imine (C=N–C) groups is 1. The SMILES string of the molecule is Cc1ccc(C(=O)Nc2ccc(F)c([C@]34COC[C@H]3S(=O)(=O)C(C)(C)C(N)=N4)c2)nc1. The van der Waals surface area contributed by atoms with Gasteiger partial charge in [-0.1, -0.05) is 6.07 Å². The van der Waals surface area contributed by atoms with Gasteiger partial charge in [0, 0.05) is 17.4 Å². The van der Waals surface area contributed by atoms with Crippen LogP contribution >= 0.6 is 0 Å². The van der Waals surface area contributed by atoms with E-state index in [-0.39, 0.29) is 36.0 Å². The number of amides is 1. The van der Waals surface area contributed by atoms with Crippen LogP contribution in [0.25, 0.3) is 0 Å². The van der Waals surface area contributed by atoms with Crippen LogP contribution in [-0.4, -0.2) is 48.4 Å². The quantitative estimate of drug-likeness (QED) is 0.743. The van der Waals surface area contributed by atoms with Crippen LogP contribution in [0.2, 0.25) is 0 Å². The molecule has 1 saturated heterocycles. The maximum Gasteiger partial charge on any atom is 0.274 e. The predicted octanol–water partition coefficient (Wildman–Crippen LogP) is 1.94. The molecule has 2 aromatic rings. The number of pyridine rings is 1. The summed E-state index contributed by atoms with van der Waals surface area (Å²) in [6.07, 6.45) is 1.57. The van der Waals surface area contributed by atoms with Crippen LogP contribution in [0.4, 0.5) is 10.1 Å². The average Bonchev–Trinajstić information content (AvgIpc) is 3.14. The van der Waals surface area contributed by atoms with Crippen molar-refractivity contribution in [3.63, 3.8) is 0 Å². The van der Waals surface area contributed by atoms with Gasteiger partial charge in [0.2, 0.25) is 0 Å². The summed E-state index contributed by atoms with van der Waals surface area (Å²) >= 11 is 0. The molecule has 0 saturated carbocycles. The van der Waals surface area contributed by atoms with Gasteiger partial charge in [0.25, 0.3) is 5.91 Å². The fourth-order valence-electron chi connectivity index (χ4n) is 3.90. The van der Waals surface area contributed by atoms with E-state index in [1.807, 2.05) is 6.92 Å². The van der Waals surface area contributed by atoms with Gasteiger partial charge >= 0.3 is 0 Å². The summed E-state index contributed by atoms with van der Waals surface area (Å²) in [6, 6.07) is 7.27. The lowest BCUT2D eigenvalue weighted by Gasteiger charge is -2.41. The summed E-state index contributed by atoms with van der Waals surface area (Å²) in [4.78, 5) is 21.1. The topological polar surface area (TPSA) is 124 Å². The first-order valence-electron chi connectivity index (χ1n) is 9.70. The Morgan fingerprint density at radius 1 is 1.29 bits per heavy atom. The maximum atomic E-state index is 15.0. The van der Waals surface area contributed by atoms with Crippen LogP contribution < -0.4 is 11.1 Å². The molecule has 10 heteroatoms.